The lowest BCUT2D eigenvalue weighted by Gasteiger charge is -2.41. The van der Waals surface area contributed by atoms with Crippen molar-refractivity contribution in [2.75, 3.05) is 6.61 Å². The molecule has 4 atom stereocenters. The highest BCUT2D eigenvalue weighted by Crippen LogP contribution is 2.50. The van der Waals surface area contributed by atoms with Crippen LogP contribution in [0.25, 0.3) is 11.0 Å². The molecule has 1 saturated carbocycles. The first-order valence-electron chi connectivity index (χ1n) is 10.9. The number of ether oxygens (including phenoxy) is 1. The van der Waals surface area contributed by atoms with Crippen molar-refractivity contribution in [2.45, 2.75) is 65.4 Å². The number of benzene rings is 1. The molecule has 0 bridgehead atoms. The number of aliphatic hydroxyl groups excluding tert-OH is 1. The molecular formula is C25H34O4. The SMILES string of the molecule is C=C1CC[C@@H](C)C[C@](CC)(CC[C@@H](C)O)[C@H]1COc1ccc2ccc(=O)oc2c1. The molecule has 4 nitrogen and oxygen atoms in total. The minimum absolute atomic E-state index is 0.0907. The molecule has 0 saturated heterocycles. The van der Waals surface area contributed by atoms with E-state index in [0.717, 1.165) is 43.9 Å². The summed E-state index contributed by atoms with van der Waals surface area (Å²) < 4.78 is 11.5. The average molecular weight is 399 g/mol. The maximum absolute atomic E-state index is 11.5. The summed E-state index contributed by atoms with van der Waals surface area (Å²) in [4.78, 5) is 11.5. The normalized spacial score (nSPS) is 26.3. The quantitative estimate of drug-likeness (QED) is 0.368. The maximum atomic E-state index is 11.5. The molecule has 1 aliphatic carbocycles. The first-order chi connectivity index (χ1) is 13.8. The van der Waals surface area contributed by atoms with Crippen LogP contribution in [0.4, 0.5) is 0 Å². The van der Waals surface area contributed by atoms with Gasteiger partial charge in [-0.1, -0.05) is 26.0 Å². The summed E-state index contributed by atoms with van der Waals surface area (Å²) in [6, 6.07) is 8.82. The van der Waals surface area contributed by atoms with Crippen molar-refractivity contribution >= 4 is 11.0 Å². The third kappa shape index (κ3) is 5.11. The van der Waals surface area contributed by atoms with Gasteiger partial charge in [0.05, 0.1) is 12.7 Å². The van der Waals surface area contributed by atoms with Crippen molar-refractivity contribution in [3.05, 3.63) is 52.9 Å². The summed E-state index contributed by atoms with van der Waals surface area (Å²) >= 11 is 0. The fraction of sp³-hybridized carbons (Fsp3) is 0.560. The third-order valence-electron chi connectivity index (χ3n) is 6.72. The van der Waals surface area contributed by atoms with Crippen molar-refractivity contribution in [1.82, 2.24) is 0 Å². The Kier molecular flexibility index (Phi) is 6.84. The van der Waals surface area contributed by atoms with Crippen LogP contribution in [0.15, 0.2) is 51.7 Å². The second-order valence-corrected chi connectivity index (χ2v) is 8.93. The van der Waals surface area contributed by atoms with Gasteiger partial charge in [-0.3, -0.25) is 0 Å². The van der Waals surface area contributed by atoms with Gasteiger partial charge >= 0.3 is 5.63 Å². The van der Waals surface area contributed by atoms with E-state index in [2.05, 4.69) is 20.4 Å². The zero-order chi connectivity index (χ0) is 21.0. The van der Waals surface area contributed by atoms with Gasteiger partial charge in [0.25, 0.3) is 0 Å². The second-order valence-electron chi connectivity index (χ2n) is 8.93. The van der Waals surface area contributed by atoms with Gasteiger partial charge < -0.3 is 14.3 Å². The van der Waals surface area contributed by atoms with Crippen LogP contribution in [0.3, 0.4) is 0 Å². The molecule has 0 unspecified atom stereocenters. The molecule has 2 aromatic rings. The molecule has 0 amide bonds. The van der Waals surface area contributed by atoms with Crippen LogP contribution in [0.1, 0.15) is 59.3 Å². The molecular weight excluding hydrogens is 364 g/mol. The monoisotopic (exact) mass is 398 g/mol. The Balaban J connectivity index is 1.84. The molecule has 29 heavy (non-hydrogen) atoms. The van der Waals surface area contributed by atoms with Gasteiger partial charge in [-0.2, -0.15) is 0 Å². The van der Waals surface area contributed by atoms with Crippen LogP contribution in [0.2, 0.25) is 0 Å². The molecule has 1 N–H and O–H groups in total. The molecule has 4 heteroatoms. The zero-order valence-corrected chi connectivity index (χ0v) is 17.9. The van der Waals surface area contributed by atoms with E-state index in [-0.39, 0.29) is 23.1 Å². The molecule has 3 rings (SSSR count). The Labute approximate surface area is 173 Å². The van der Waals surface area contributed by atoms with Gasteiger partial charge in [-0.05, 0) is 75.0 Å². The Morgan fingerprint density at radius 1 is 1.34 bits per heavy atom. The summed E-state index contributed by atoms with van der Waals surface area (Å²) in [5, 5.41) is 10.8. The molecule has 0 spiro atoms. The van der Waals surface area contributed by atoms with Gasteiger partial charge in [0.15, 0.2) is 0 Å². The Morgan fingerprint density at radius 3 is 2.83 bits per heavy atom. The van der Waals surface area contributed by atoms with E-state index >= 15 is 0 Å². The van der Waals surface area contributed by atoms with Crippen molar-refractivity contribution in [2.24, 2.45) is 17.3 Å². The summed E-state index contributed by atoms with van der Waals surface area (Å²) in [5.74, 6) is 1.59. The highest BCUT2D eigenvalue weighted by Gasteiger charge is 2.41. The first kappa shape index (κ1) is 21.6. The molecule has 1 aromatic heterocycles. The molecule has 1 aromatic carbocycles. The predicted octanol–water partition coefficient (Wildman–Crippen LogP) is 5.72. The van der Waals surface area contributed by atoms with Crippen LogP contribution in [0.5, 0.6) is 5.75 Å². The van der Waals surface area contributed by atoms with E-state index < -0.39 is 0 Å². The van der Waals surface area contributed by atoms with Crippen molar-refractivity contribution < 1.29 is 14.3 Å². The lowest BCUT2D eigenvalue weighted by atomic mass is 9.65. The Hall–Kier alpha value is -2.07. The van der Waals surface area contributed by atoms with Crippen molar-refractivity contribution in [3.63, 3.8) is 0 Å². The fourth-order valence-electron chi connectivity index (χ4n) is 4.92. The van der Waals surface area contributed by atoms with E-state index in [0.29, 0.717) is 23.9 Å². The number of hydrogen-bond acceptors (Lipinski definition) is 4. The van der Waals surface area contributed by atoms with Gasteiger partial charge in [0.1, 0.15) is 11.3 Å². The van der Waals surface area contributed by atoms with E-state index in [1.54, 1.807) is 12.1 Å². The van der Waals surface area contributed by atoms with Crippen LogP contribution < -0.4 is 10.4 Å². The molecule has 1 heterocycles. The van der Waals surface area contributed by atoms with Gasteiger partial charge in [0, 0.05) is 23.4 Å². The number of aliphatic hydroxyl groups is 1. The molecule has 0 aliphatic heterocycles. The molecule has 0 radical (unpaired) electrons. The zero-order valence-electron chi connectivity index (χ0n) is 17.9. The van der Waals surface area contributed by atoms with Crippen LogP contribution in [-0.4, -0.2) is 17.8 Å². The lowest BCUT2D eigenvalue weighted by molar-refractivity contribution is 0.0675. The van der Waals surface area contributed by atoms with E-state index in [1.807, 2.05) is 19.1 Å². The minimum atomic E-state index is -0.357. The summed E-state index contributed by atoms with van der Waals surface area (Å²) in [5.41, 5.74) is 1.53. The second kappa shape index (κ2) is 9.17. The maximum Gasteiger partial charge on any atom is 0.336 e. The fourth-order valence-corrected chi connectivity index (χ4v) is 4.92. The average Bonchev–Trinajstić information content (AvgIpc) is 2.81. The highest BCUT2D eigenvalue weighted by molar-refractivity contribution is 5.77. The Morgan fingerprint density at radius 2 is 2.10 bits per heavy atom. The first-order valence-corrected chi connectivity index (χ1v) is 10.9. The highest BCUT2D eigenvalue weighted by atomic mass is 16.5. The largest absolute Gasteiger partial charge is 0.493 e. The standard InChI is InChI=1S/C25H34O4/c1-5-25(13-12-19(4)26)15-17(2)6-7-18(3)22(25)16-28-21-10-8-20-9-11-24(27)29-23(20)14-21/h8-11,14,17,19,22,26H,3,5-7,12-13,15-16H2,1-2,4H3/t17-,19-,22+,25+/m1/s1. The topological polar surface area (TPSA) is 59.7 Å². The third-order valence-corrected chi connectivity index (χ3v) is 6.72. The van der Waals surface area contributed by atoms with E-state index in [9.17, 15) is 9.90 Å². The van der Waals surface area contributed by atoms with Gasteiger partial charge in [0.2, 0.25) is 0 Å². The lowest BCUT2D eigenvalue weighted by Crippen LogP contribution is -2.36. The number of rotatable bonds is 7. The van der Waals surface area contributed by atoms with Crippen LogP contribution >= 0.6 is 0 Å². The molecule has 1 aliphatic rings. The number of hydrogen-bond donors (Lipinski definition) is 1. The van der Waals surface area contributed by atoms with Crippen molar-refractivity contribution in [3.8, 4) is 5.75 Å². The van der Waals surface area contributed by atoms with Crippen molar-refractivity contribution in [1.29, 1.82) is 0 Å². The molecule has 1 fully saturated rings. The van der Waals surface area contributed by atoms with E-state index in [1.165, 1.54) is 11.6 Å². The Bertz CT molecular complexity index is 897. The number of fused-ring (bicyclic) bond motifs is 1. The summed E-state index contributed by atoms with van der Waals surface area (Å²) in [6.45, 7) is 11.4. The van der Waals surface area contributed by atoms with Crippen LogP contribution in [-0.2, 0) is 0 Å². The smallest absolute Gasteiger partial charge is 0.336 e. The molecule has 158 valence electrons. The van der Waals surface area contributed by atoms with E-state index in [4.69, 9.17) is 9.15 Å². The van der Waals surface area contributed by atoms with Gasteiger partial charge in [-0.15, -0.1) is 0 Å². The van der Waals surface area contributed by atoms with Gasteiger partial charge in [-0.25, -0.2) is 4.79 Å². The predicted molar refractivity (Wildman–Crippen MR) is 117 cm³/mol. The van der Waals surface area contributed by atoms with Crippen LogP contribution in [0, 0.1) is 17.3 Å². The summed E-state index contributed by atoms with van der Waals surface area (Å²) in [7, 11) is 0. The minimum Gasteiger partial charge on any atom is -0.493 e. The summed E-state index contributed by atoms with van der Waals surface area (Å²) in [6.07, 6.45) is 5.84.